The Morgan fingerprint density at radius 2 is 2.06 bits per heavy atom. The van der Waals surface area contributed by atoms with Crippen LogP contribution in [0.3, 0.4) is 0 Å². The lowest BCUT2D eigenvalue weighted by atomic mass is 10.0. The SMILES string of the molecule is CCC/C=C/C(O)C(C)C(=O)Oc1ccccc1. The minimum atomic E-state index is -0.798. The molecule has 0 bridgehead atoms. The smallest absolute Gasteiger partial charge is 0.317 e. The van der Waals surface area contributed by atoms with Gasteiger partial charge in [-0.3, -0.25) is 4.79 Å². The molecule has 18 heavy (non-hydrogen) atoms. The van der Waals surface area contributed by atoms with Gasteiger partial charge in [-0.05, 0) is 25.5 Å². The average molecular weight is 248 g/mol. The van der Waals surface area contributed by atoms with Crippen molar-refractivity contribution in [2.45, 2.75) is 32.8 Å². The van der Waals surface area contributed by atoms with Crippen molar-refractivity contribution in [1.29, 1.82) is 0 Å². The van der Waals surface area contributed by atoms with Crippen molar-refractivity contribution in [3.05, 3.63) is 42.5 Å². The average Bonchev–Trinajstić information content (AvgIpc) is 2.39. The van der Waals surface area contributed by atoms with Gasteiger partial charge in [-0.1, -0.05) is 43.7 Å². The Morgan fingerprint density at radius 1 is 1.39 bits per heavy atom. The van der Waals surface area contributed by atoms with Crippen LogP contribution in [0.2, 0.25) is 0 Å². The first kappa shape index (κ1) is 14.5. The molecular formula is C15H20O3. The van der Waals surface area contributed by atoms with Crippen molar-refractivity contribution in [2.24, 2.45) is 5.92 Å². The molecule has 0 amide bonds. The normalized spacial score (nSPS) is 14.4. The molecule has 1 aromatic carbocycles. The predicted octanol–water partition coefficient (Wildman–Crippen LogP) is 2.95. The number of ether oxygens (including phenoxy) is 1. The summed E-state index contributed by atoms with van der Waals surface area (Å²) in [4.78, 5) is 11.8. The van der Waals surface area contributed by atoms with Gasteiger partial charge in [0.25, 0.3) is 0 Å². The van der Waals surface area contributed by atoms with E-state index in [0.717, 1.165) is 12.8 Å². The summed E-state index contributed by atoms with van der Waals surface area (Å²) in [5, 5.41) is 9.81. The number of para-hydroxylation sites is 1. The maximum atomic E-state index is 11.8. The second-order valence-electron chi connectivity index (χ2n) is 4.23. The number of allylic oxidation sites excluding steroid dienone is 1. The molecule has 0 saturated carbocycles. The second-order valence-corrected chi connectivity index (χ2v) is 4.23. The molecule has 0 radical (unpaired) electrons. The Labute approximate surface area is 108 Å². The van der Waals surface area contributed by atoms with E-state index in [0.29, 0.717) is 5.75 Å². The van der Waals surface area contributed by atoms with Gasteiger partial charge in [0.15, 0.2) is 0 Å². The highest BCUT2D eigenvalue weighted by Gasteiger charge is 2.21. The highest BCUT2D eigenvalue weighted by Crippen LogP contribution is 2.13. The predicted molar refractivity (Wildman–Crippen MR) is 71.3 cm³/mol. The van der Waals surface area contributed by atoms with Crippen LogP contribution in [0.4, 0.5) is 0 Å². The summed E-state index contributed by atoms with van der Waals surface area (Å²) in [7, 11) is 0. The zero-order valence-corrected chi connectivity index (χ0v) is 10.9. The molecule has 0 aliphatic carbocycles. The van der Waals surface area contributed by atoms with E-state index in [1.807, 2.05) is 12.1 Å². The first-order valence-corrected chi connectivity index (χ1v) is 6.26. The zero-order chi connectivity index (χ0) is 13.4. The van der Waals surface area contributed by atoms with E-state index in [4.69, 9.17) is 4.74 Å². The van der Waals surface area contributed by atoms with Crippen LogP contribution in [0.1, 0.15) is 26.7 Å². The van der Waals surface area contributed by atoms with Crippen molar-refractivity contribution in [2.75, 3.05) is 0 Å². The van der Waals surface area contributed by atoms with Crippen LogP contribution in [0.5, 0.6) is 5.75 Å². The van der Waals surface area contributed by atoms with E-state index in [9.17, 15) is 9.90 Å². The third-order valence-electron chi connectivity index (χ3n) is 2.63. The number of esters is 1. The number of hydrogen-bond donors (Lipinski definition) is 1. The van der Waals surface area contributed by atoms with Gasteiger partial charge in [-0.15, -0.1) is 0 Å². The van der Waals surface area contributed by atoms with Gasteiger partial charge in [0.05, 0.1) is 12.0 Å². The minimum absolute atomic E-state index is 0.421. The Bertz CT molecular complexity index is 384. The van der Waals surface area contributed by atoms with Crippen molar-refractivity contribution < 1.29 is 14.6 Å². The summed E-state index contributed by atoms with van der Waals surface area (Å²) in [5.74, 6) is -0.493. The largest absolute Gasteiger partial charge is 0.426 e. The quantitative estimate of drug-likeness (QED) is 0.478. The van der Waals surface area contributed by atoms with Crippen LogP contribution in [-0.4, -0.2) is 17.2 Å². The molecular weight excluding hydrogens is 228 g/mol. The van der Waals surface area contributed by atoms with E-state index in [-0.39, 0.29) is 0 Å². The topological polar surface area (TPSA) is 46.5 Å². The van der Waals surface area contributed by atoms with Crippen molar-refractivity contribution in [1.82, 2.24) is 0 Å². The monoisotopic (exact) mass is 248 g/mol. The fraction of sp³-hybridized carbons (Fsp3) is 0.400. The summed E-state index contributed by atoms with van der Waals surface area (Å²) < 4.78 is 5.17. The van der Waals surface area contributed by atoms with E-state index in [2.05, 4.69) is 6.92 Å². The molecule has 0 spiro atoms. The molecule has 3 nitrogen and oxygen atoms in total. The zero-order valence-electron chi connectivity index (χ0n) is 10.9. The van der Waals surface area contributed by atoms with Gasteiger partial charge in [-0.25, -0.2) is 0 Å². The molecule has 0 aliphatic heterocycles. The van der Waals surface area contributed by atoms with Crippen molar-refractivity contribution in [3.63, 3.8) is 0 Å². The molecule has 98 valence electrons. The molecule has 0 aliphatic rings. The van der Waals surface area contributed by atoms with Crippen LogP contribution in [0.15, 0.2) is 42.5 Å². The number of carbonyl (C=O) groups excluding carboxylic acids is 1. The maximum absolute atomic E-state index is 11.8. The van der Waals surface area contributed by atoms with Gasteiger partial charge in [0, 0.05) is 0 Å². The lowest BCUT2D eigenvalue weighted by Gasteiger charge is -2.14. The fourth-order valence-corrected chi connectivity index (χ4v) is 1.41. The van der Waals surface area contributed by atoms with Gasteiger partial charge >= 0.3 is 5.97 Å². The molecule has 0 saturated heterocycles. The Balaban J connectivity index is 2.51. The van der Waals surface area contributed by atoms with E-state index < -0.39 is 18.0 Å². The number of aliphatic hydroxyl groups is 1. The molecule has 2 unspecified atom stereocenters. The Morgan fingerprint density at radius 3 is 2.67 bits per heavy atom. The summed E-state index contributed by atoms with van der Waals surface area (Å²) in [6, 6.07) is 8.87. The van der Waals surface area contributed by atoms with E-state index >= 15 is 0 Å². The number of rotatable bonds is 6. The third kappa shape index (κ3) is 4.72. The lowest BCUT2D eigenvalue weighted by molar-refractivity contribution is -0.140. The summed E-state index contributed by atoms with van der Waals surface area (Å²) in [6.07, 6.45) is 4.66. The number of hydrogen-bond acceptors (Lipinski definition) is 3. The molecule has 1 aromatic rings. The van der Waals surface area contributed by atoms with Gasteiger partial charge in [-0.2, -0.15) is 0 Å². The molecule has 0 heterocycles. The van der Waals surface area contributed by atoms with E-state index in [1.165, 1.54) is 0 Å². The molecule has 1 N–H and O–H groups in total. The molecule has 1 rings (SSSR count). The summed E-state index contributed by atoms with van der Waals surface area (Å²) in [6.45, 7) is 3.72. The van der Waals surface area contributed by atoms with Gasteiger partial charge in [0.2, 0.25) is 0 Å². The Hall–Kier alpha value is -1.61. The number of aliphatic hydroxyl groups excluding tert-OH is 1. The summed E-state index contributed by atoms with van der Waals surface area (Å²) >= 11 is 0. The number of carbonyl (C=O) groups is 1. The molecule has 2 atom stereocenters. The third-order valence-corrected chi connectivity index (χ3v) is 2.63. The van der Waals surface area contributed by atoms with Crippen LogP contribution in [-0.2, 0) is 4.79 Å². The van der Waals surface area contributed by atoms with Crippen LogP contribution in [0.25, 0.3) is 0 Å². The maximum Gasteiger partial charge on any atom is 0.317 e. The van der Waals surface area contributed by atoms with Crippen molar-refractivity contribution in [3.8, 4) is 5.75 Å². The lowest BCUT2D eigenvalue weighted by Crippen LogP contribution is -2.27. The van der Waals surface area contributed by atoms with Crippen LogP contribution in [0, 0.1) is 5.92 Å². The first-order valence-electron chi connectivity index (χ1n) is 6.26. The highest BCUT2D eigenvalue weighted by molar-refractivity contribution is 5.75. The molecule has 0 aromatic heterocycles. The second kappa shape index (κ2) is 7.67. The standard InChI is InChI=1S/C15H20O3/c1-3-4-6-11-14(16)12(2)15(17)18-13-9-7-5-8-10-13/h5-12,14,16H,3-4H2,1-2H3/b11-6+. The molecule has 0 fully saturated rings. The number of unbranched alkanes of at least 4 members (excludes halogenated alkanes) is 1. The van der Waals surface area contributed by atoms with Crippen LogP contribution < -0.4 is 4.74 Å². The molecule has 3 heteroatoms. The first-order chi connectivity index (χ1) is 8.65. The fourth-order valence-electron chi connectivity index (χ4n) is 1.41. The van der Waals surface area contributed by atoms with E-state index in [1.54, 1.807) is 37.3 Å². The van der Waals surface area contributed by atoms with Gasteiger partial charge in [0.1, 0.15) is 5.75 Å². The van der Waals surface area contributed by atoms with Crippen LogP contribution >= 0.6 is 0 Å². The van der Waals surface area contributed by atoms with Gasteiger partial charge < -0.3 is 9.84 Å². The van der Waals surface area contributed by atoms with Crippen molar-refractivity contribution >= 4 is 5.97 Å². The summed E-state index contributed by atoms with van der Waals surface area (Å²) in [5.41, 5.74) is 0. The number of benzene rings is 1. The highest BCUT2D eigenvalue weighted by atomic mass is 16.5. The Kier molecular flexibility index (Phi) is 6.15. The minimum Gasteiger partial charge on any atom is -0.426 e.